The molecule has 4 heteroatoms. The predicted octanol–water partition coefficient (Wildman–Crippen LogP) is 3.81. The molecule has 1 nitrogen and oxygen atoms in total. The SMILES string of the molecule is Clc1ccc(Cl)c(CN2CCC(Cl)C2)c1. The molecule has 15 heavy (non-hydrogen) atoms. The summed E-state index contributed by atoms with van der Waals surface area (Å²) in [4.78, 5) is 2.30. The molecule has 0 amide bonds. The first kappa shape index (κ1) is 11.5. The van der Waals surface area contributed by atoms with Crippen LogP contribution >= 0.6 is 34.8 Å². The Balaban J connectivity index is 2.07. The third-order valence-electron chi connectivity index (χ3n) is 2.62. The molecule has 0 radical (unpaired) electrons. The molecule has 1 aliphatic rings. The lowest BCUT2D eigenvalue weighted by molar-refractivity contribution is 0.332. The Morgan fingerprint density at radius 2 is 2.13 bits per heavy atom. The fourth-order valence-electron chi connectivity index (χ4n) is 1.83. The highest BCUT2D eigenvalue weighted by Gasteiger charge is 2.20. The van der Waals surface area contributed by atoms with Gasteiger partial charge in [-0.05, 0) is 36.7 Å². The van der Waals surface area contributed by atoms with Crippen LogP contribution in [-0.4, -0.2) is 23.4 Å². The number of halogens is 3. The van der Waals surface area contributed by atoms with Gasteiger partial charge in [-0.3, -0.25) is 4.90 Å². The molecule has 1 fully saturated rings. The van der Waals surface area contributed by atoms with Gasteiger partial charge >= 0.3 is 0 Å². The number of hydrogen-bond acceptors (Lipinski definition) is 1. The fourth-order valence-corrected chi connectivity index (χ4v) is 2.50. The van der Waals surface area contributed by atoms with Gasteiger partial charge in [-0.25, -0.2) is 0 Å². The largest absolute Gasteiger partial charge is 0.298 e. The third-order valence-corrected chi connectivity index (χ3v) is 3.58. The van der Waals surface area contributed by atoms with Crippen molar-refractivity contribution < 1.29 is 0 Å². The van der Waals surface area contributed by atoms with Crippen molar-refractivity contribution in [1.29, 1.82) is 0 Å². The lowest BCUT2D eigenvalue weighted by Crippen LogP contribution is -2.20. The molecule has 1 unspecified atom stereocenters. The molecule has 1 atom stereocenters. The van der Waals surface area contributed by atoms with E-state index in [1.165, 1.54) is 0 Å². The van der Waals surface area contributed by atoms with Crippen LogP contribution in [0.1, 0.15) is 12.0 Å². The first-order valence-electron chi connectivity index (χ1n) is 4.95. The van der Waals surface area contributed by atoms with E-state index in [1.54, 1.807) is 0 Å². The topological polar surface area (TPSA) is 3.24 Å². The molecule has 1 aliphatic heterocycles. The van der Waals surface area contributed by atoms with Crippen molar-refractivity contribution in [3.8, 4) is 0 Å². The van der Waals surface area contributed by atoms with E-state index in [0.29, 0.717) is 0 Å². The smallest absolute Gasteiger partial charge is 0.0475 e. The van der Waals surface area contributed by atoms with Crippen molar-refractivity contribution >= 4 is 34.8 Å². The Kier molecular flexibility index (Phi) is 3.78. The van der Waals surface area contributed by atoms with E-state index in [0.717, 1.165) is 41.7 Å². The molecule has 1 heterocycles. The van der Waals surface area contributed by atoms with Gasteiger partial charge in [0.15, 0.2) is 0 Å². The highest BCUT2D eigenvalue weighted by Crippen LogP contribution is 2.24. The molecule has 0 aromatic heterocycles. The van der Waals surface area contributed by atoms with Gasteiger partial charge in [0.25, 0.3) is 0 Å². The van der Waals surface area contributed by atoms with Crippen molar-refractivity contribution in [2.45, 2.75) is 18.3 Å². The molecule has 1 aromatic rings. The number of likely N-dealkylation sites (tertiary alicyclic amines) is 1. The summed E-state index contributed by atoms with van der Waals surface area (Å²) in [5.41, 5.74) is 1.08. The molecule has 1 saturated heterocycles. The monoisotopic (exact) mass is 263 g/mol. The maximum atomic E-state index is 6.09. The van der Waals surface area contributed by atoms with Gasteiger partial charge in [0.2, 0.25) is 0 Å². The molecule has 1 aromatic carbocycles. The van der Waals surface area contributed by atoms with Crippen LogP contribution in [0.4, 0.5) is 0 Å². The molecular formula is C11H12Cl3N. The van der Waals surface area contributed by atoms with Crippen LogP contribution in [0.2, 0.25) is 10.0 Å². The maximum absolute atomic E-state index is 6.09. The fraction of sp³-hybridized carbons (Fsp3) is 0.455. The van der Waals surface area contributed by atoms with E-state index in [2.05, 4.69) is 4.90 Å². The van der Waals surface area contributed by atoms with E-state index in [9.17, 15) is 0 Å². The number of rotatable bonds is 2. The van der Waals surface area contributed by atoms with E-state index in [1.807, 2.05) is 18.2 Å². The normalized spacial score (nSPS) is 22.2. The van der Waals surface area contributed by atoms with Crippen molar-refractivity contribution in [3.63, 3.8) is 0 Å². The molecule has 82 valence electrons. The Bertz CT molecular complexity index is 354. The minimum atomic E-state index is 0.281. The summed E-state index contributed by atoms with van der Waals surface area (Å²) < 4.78 is 0. The van der Waals surface area contributed by atoms with Gasteiger partial charge < -0.3 is 0 Å². The van der Waals surface area contributed by atoms with Crippen molar-refractivity contribution in [2.75, 3.05) is 13.1 Å². The summed E-state index contributed by atoms with van der Waals surface area (Å²) in [5.74, 6) is 0. The zero-order valence-corrected chi connectivity index (χ0v) is 10.5. The summed E-state index contributed by atoms with van der Waals surface area (Å²) in [7, 11) is 0. The van der Waals surface area contributed by atoms with E-state index in [4.69, 9.17) is 34.8 Å². The number of benzene rings is 1. The molecule has 0 bridgehead atoms. The van der Waals surface area contributed by atoms with E-state index < -0.39 is 0 Å². The standard InChI is InChI=1S/C11H12Cl3N/c12-9-1-2-11(14)8(5-9)6-15-4-3-10(13)7-15/h1-2,5,10H,3-4,6-7H2. The number of hydrogen-bond donors (Lipinski definition) is 0. The predicted molar refractivity (Wildman–Crippen MR) is 66.0 cm³/mol. The van der Waals surface area contributed by atoms with Gasteiger partial charge in [-0.1, -0.05) is 23.2 Å². The van der Waals surface area contributed by atoms with Crippen molar-refractivity contribution in [1.82, 2.24) is 4.90 Å². The zero-order valence-electron chi connectivity index (χ0n) is 8.22. The van der Waals surface area contributed by atoms with Crippen LogP contribution < -0.4 is 0 Å². The van der Waals surface area contributed by atoms with Crippen molar-refractivity contribution in [3.05, 3.63) is 33.8 Å². The summed E-state index contributed by atoms with van der Waals surface area (Å²) in [6.45, 7) is 2.81. The van der Waals surface area contributed by atoms with E-state index >= 15 is 0 Å². The summed E-state index contributed by atoms with van der Waals surface area (Å²) in [6, 6.07) is 5.57. The molecule has 0 saturated carbocycles. The average Bonchev–Trinajstić information content (AvgIpc) is 2.58. The maximum Gasteiger partial charge on any atom is 0.0475 e. The highest BCUT2D eigenvalue weighted by molar-refractivity contribution is 6.33. The lowest BCUT2D eigenvalue weighted by atomic mass is 10.2. The molecule has 0 spiro atoms. The number of alkyl halides is 1. The second-order valence-corrected chi connectivity index (χ2v) is 5.32. The lowest BCUT2D eigenvalue weighted by Gasteiger charge is -2.15. The van der Waals surface area contributed by atoms with Crippen LogP contribution in [0.5, 0.6) is 0 Å². The quantitative estimate of drug-likeness (QED) is 0.734. The first-order valence-corrected chi connectivity index (χ1v) is 6.15. The second-order valence-electron chi connectivity index (χ2n) is 3.86. The first-order chi connectivity index (χ1) is 7.15. The van der Waals surface area contributed by atoms with Gasteiger partial charge in [0, 0.05) is 28.5 Å². The van der Waals surface area contributed by atoms with Gasteiger partial charge in [0.05, 0.1) is 0 Å². The molecule has 0 N–H and O–H groups in total. The highest BCUT2D eigenvalue weighted by atomic mass is 35.5. The van der Waals surface area contributed by atoms with Crippen LogP contribution in [0, 0.1) is 0 Å². The van der Waals surface area contributed by atoms with Crippen LogP contribution in [-0.2, 0) is 6.54 Å². The molecular weight excluding hydrogens is 252 g/mol. The minimum absolute atomic E-state index is 0.281. The Morgan fingerprint density at radius 3 is 2.80 bits per heavy atom. The van der Waals surface area contributed by atoms with Gasteiger partial charge in [-0.15, -0.1) is 11.6 Å². The number of nitrogens with zero attached hydrogens (tertiary/aromatic N) is 1. The Hall–Kier alpha value is 0.0500. The van der Waals surface area contributed by atoms with Gasteiger partial charge in [-0.2, -0.15) is 0 Å². The van der Waals surface area contributed by atoms with Crippen LogP contribution in [0.25, 0.3) is 0 Å². The van der Waals surface area contributed by atoms with Gasteiger partial charge in [0.1, 0.15) is 0 Å². The molecule has 2 rings (SSSR count). The average molecular weight is 265 g/mol. The summed E-state index contributed by atoms with van der Waals surface area (Å²) in [5, 5.41) is 1.79. The Morgan fingerprint density at radius 1 is 1.33 bits per heavy atom. The van der Waals surface area contributed by atoms with E-state index in [-0.39, 0.29) is 5.38 Å². The summed E-state index contributed by atoms with van der Waals surface area (Å²) >= 11 is 18.1. The third kappa shape index (κ3) is 3.01. The summed E-state index contributed by atoms with van der Waals surface area (Å²) in [6.07, 6.45) is 1.06. The minimum Gasteiger partial charge on any atom is -0.298 e. The van der Waals surface area contributed by atoms with Crippen LogP contribution in [0.15, 0.2) is 18.2 Å². The second kappa shape index (κ2) is 4.92. The van der Waals surface area contributed by atoms with Crippen LogP contribution in [0.3, 0.4) is 0 Å². The zero-order chi connectivity index (χ0) is 10.8. The van der Waals surface area contributed by atoms with Crippen molar-refractivity contribution in [2.24, 2.45) is 0 Å². The molecule has 0 aliphatic carbocycles. The Labute approximate surface area is 105 Å².